The van der Waals surface area contributed by atoms with E-state index >= 15 is 0 Å². The summed E-state index contributed by atoms with van der Waals surface area (Å²) in [6, 6.07) is 16.6. The molecule has 2 aromatic rings. The van der Waals surface area contributed by atoms with Gasteiger partial charge in [-0.1, -0.05) is 42.5 Å². The summed E-state index contributed by atoms with van der Waals surface area (Å²) in [5.41, 5.74) is 12.6. The smallest absolute Gasteiger partial charge is 0.0843 e. The number of rotatable bonds is 1. The maximum atomic E-state index is 6.57. The number of para-hydroxylation sites is 1. The minimum Gasteiger partial charge on any atom is -0.396 e. The lowest BCUT2D eigenvalue weighted by molar-refractivity contribution is 0.492. The molecule has 0 saturated heterocycles. The summed E-state index contributed by atoms with van der Waals surface area (Å²) in [6.07, 6.45) is 0. The second-order valence-electron chi connectivity index (χ2n) is 7.30. The molecule has 126 valence electrons. The molecule has 0 radical (unpaired) electrons. The van der Waals surface area contributed by atoms with E-state index in [1.165, 1.54) is 5.56 Å². The van der Waals surface area contributed by atoms with Crippen LogP contribution in [-0.4, -0.2) is 17.6 Å². The number of hydrogen-bond donors (Lipinski definition) is 2. The van der Waals surface area contributed by atoms with Gasteiger partial charge in [0.25, 0.3) is 0 Å². The molecule has 24 heavy (non-hydrogen) atoms. The van der Waals surface area contributed by atoms with Crippen LogP contribution in [0.25, 0.3) is 11.4 Å². The Hall–Kier alpha value is -2.46. The lowest BCUT2D eigenvalue weighted by Crippen LogP contribution is -2.42. The molecule has 0 aromatic heterocycles. The van der Waals surface area contributed by atoms with Gasteiger partial charge >= 0.3 is 0 Å². The first kappa shape index (κ1) is 16.4. The van der Waals surface area contributed by atoms with Crippen LogP contribution in [-0.2, 0) is 6.54 Å². The topological polar surface area (TPSA) is 58.5 Å². The summed E-state index contributed by atoms with van der Waals surface area (Å²) >= 11 is 0. The molecule has 0 bridgehead atoms. The Morgan fingerprint density at radius 2 is 1.54 bits per heavy atom. The average molecular weight is 322 g/mol. The molecule has 4 nitrogen and oxygen atoms in total. The lowest BCUT2D eigenvalue weighted by Gasteiger charge is -2.41. The molecule has 2 aromatic carbocycles. The van der Waals surface area contributed by atoms with E-state index in [0.717, 1.165) is 34.8 Å². The van der Waals surface area contributed by atoms with Crippen molar-refractivity contribution in [1.82, 2.24) is 5.01 Å². The molecule has 0 atom stereocenters. The Balaban J connectivity index is 2.38. The highest BCUT2D eigenvalue weighted by Gasteiger charge is 2.29. The summed E-state index contributed by atoms with van der Waals surface area (Å²) in [7, 11) is 1.84. The van der Waals surface area contributed by atoms with Crippen molar-refractivity contribution in [2.45, 2.75) is 32.9 Å². The van der Waals surface area contributed by atoms with Crippen molar-refractivity contribution in [1.29, 1.82) is 0 Å². The van der Waals surface area contributed by atoms with Gasteiger partial charge in [0.2, 0.25) is 0 Å². The number of nitrogens with zero attached hydrogens (tertiary/aromatic N) is 2. The Morgan fingerprint density at radius 3 is 2.17 bits per heavy atom. The van der Waals surface area contributed by atoms with Crippen molar-refractivity contribution >= 4 is 17.1 Å². The number of anilines is 1. The van der Waals surface area contributed by atoms with Gasteiger partial charge in [-0.2, -0.15) is 0 Å². The molecule has 1 aliphatic rings. The second kappa shape index (κ2) is 5.87. The SMILES string of the molecule is CN(N)/C1=C(\N)c2ccccc2CN(C(C)(C)C)c2ccccc21. The Morgan fingerprint density at radius 1 is 0.958 bits per heavy atom. The van der Waals surface area contributed by atoms with E-state index in [9.17, 15) is 0 Å². The Bertz CT molecular complexity index is 784. The van der Waals surface area contributed by atoms with Crippen LogP contribution in [0.4, 0.5) is 5.69 Å². The molecular formula is C20H26N4. The van der Waals surface area contributed by atoms with Gasteiger partial charge in [0.15, 0.2) is 0 Å². The van der Waals surface area contributed by atoms with Gasteiger partial charge in [0.05, 0.1) is 11.4 Å². The number of benzene rings is 2. The zero-order valence-electron chi connectivity index (χ0n) is 14.9. The molecule has 0 amide bonds. The lowest BCUT2D eigenvalue weighted by atomic mass is 9.93. The molecule has 4 N–H and O–H groups in total. The van der Waals surface area contributed by atoms with Gasteiger partial charge in [-0.25, -0.2) is 5.84 Å². The van der Waals surface area contributed by atoms with Crippen molar-refractivity contribution in [3.63, 3.8) is 0 Å². The third kappa shape index (κ3) is 2.74. The van der Waals surface area contributed by atoms with Gasteiger partial charge in [0, 0.05) is 35.9 Å². The first-order valence-electron chi connectivity index (χ1n) is 8.24. The minimum atomic E-state index is -0.0341. The van der Waals surface area contributed by atoms with E-state index in [1.54, 1.807) is 5.01 Å². The number of hydrazine groups is 1. The fourth-order valence-electron chi connectivity index (χ4n) is 3.34. The van der Waals surface area contributed by atoms with Crippen LogP contribution in [0.15, 0.2) is 48.5 Å². The van der Waals surface area contributed by atoms with Crippen molar-refractivity contribution in [2.75, 3.05) is 11.9 Å². The van der Waals surface area contributed by atoms with Crippen LogP contribution in [0, 0.1) is 0 Å². The van der Waals surface area contributed by atoms with E-state index < -0.39 is 0 Å². The zero-order chi connectivity index (χ0) is 17.5. The van der Waals surface area contributed by atoms with E-state index in [-0.39, 0.29) is 5.54 Å². The van der Waals surface area contributed by atoms with Crippen LogP contribution >= 0.6 is 0 Å². The summed E-state index contributed by atoms with van der Waals surface area (Å²) < 4.78 is 0. The average Bonchev–Trinajstić information content (AvgIpc) is 2.51. The monoisotopic (exact) mass is 322 g/mol. The van der Waals surface area contributed by atoms with Crippen molar-refractivity contribution in [3.8, 4) is 0 Å². The Kier molecular flexibility index (Phi) is 4.01. The Labute approximate surface area is 144 Å². The van der Waals surface area contributed by atoms with Crippen LogP contribution in [0.5, 0.6) is 0 Å². The minimum absolute atomic E-state index is 0.0341. The molecule has 0 saturated carbocycles. The fourth-order valence-corrected chi connectivity index (χ4v) is 3.34. The quantitative estimate of drug-likeness (QED) is 0.624. The molecule has 0 unspecified atom stereocenters. The standard InChI is InChI=1S/C20H26N4/c1-20(2,3)24-13-14-9-5-6-10-15(14)18(21)19(23(4)22)16-11-7-8-12-17(16)24/h5-12H,13,21-22H2,1-4H3/b19-18-. The van der Waals surface area contributed by atoms with Gasteiger partial charge < -0.3 is 15.6 Å². The molecule has 4 heteroatoms. The number of hydrogen-bond acceptors (Lipinski definition) is 4. The summed E-state index contributed by atoms with van der Waals surface area (Å²) in [5, 5.41) is 1.62. The molecular weight excluding hydrogens is 296 g/mol. The second-order valence-corrected chi connectivity index (χ2v) is 7.30. The van der Waals surface area contributed by atoms with Crippen LogP contribution in [0.1, 0.15) is 37.5 Å². The third-order valence-electron chi connectivity index (χ3n) is 4.50. The normalized spacial score (nSPS) is 17.6. The van der Waals surface area contributed by atoms with E-state index in [0.29, 0.717) is 0 Å². The first-order valence-corrected chi connectivity index (χ1v) is 8.24. The van der Waals surface area contributed by atoms with Gasteiger partial charge in [-0.3, -0.25) is 0 Å². The molecule has 3 rings (SSSR count). The summed E-state index contributed by atoms with van der Waals surface area (Å²) in [6.45, 7) is 7.49. The molecule has 0 aliphatic carbocycles. The van der Waals surface area contributed by atoms with Crippen molar-refractivity contribution < 1.29 is 0 Å². The van der Waals surface area contributed by atoms with Crippen LogP contribution < -0.4 is 16.5 Å². The van der Waals surface area contributed by atoms with E-state index in [4.69, 9.17) is 11.6 Å². The zero-order valence-corrected chi connectivity index (χ0v) is 14.9. The largest absolute Gasteiger partial charge is 0.396 e. The van der Waals surface area contributed by atoms with Crippen molar-refractivity contribution in [3.05, 3.63) is 65.2 Å². The summed E-state index contributed by atoms with van der Waals surface area (Å²) in [5.74, 6) is 6.18. The highest BCUT2D eigenvalue weighted by molar-refractivity contribution is 5.93. The molecule has 1 heterocycles. The maximum Gasteiger partial charge on any atom is 0.0843 e. The van der Waals surface area contributed by atoms with E-state index in [1.807, 2.05) is 19.2 Å². The van der Waals surface area contributed by atoms with Gasteiger partial charge in [-0.05, 0) is 32.4 Å². The van der Waals surface area contributed by atoms with Crippen LogP contribution in [0.3, 0.4) is 0 Å². The van der Waals surface area contributed by atoms with Crippen molar-refractivity contribution in [2.24, 2.45) is 11.6 Å². The van der Waals surface area contributed by atoms with Gasteiger partial charge in [-0.15, -0.1) is 0 Å². The first-order chi connectivity index (χ1) is 11.3. The predicted molar refractivity (Wildman–Crippen MR) is 102 cm³/mol. The fraction of sp³-hybridized carbons (Fsp3) is 0.300. The highest BCUT2D eigenvalue weighted by atomic mass is 15.4. The third-order valence-corrected chi connectivity index (χ3v) is 4.50. The van der Waals surface area contributed by atoms with Gasteiger partial charge in [0.1, 0.15) is 0 Å². The number of nitrogens with two attached hydrogens (primary N) is 2. The predicted octanol–water partition coefficient (Wildman–Crippen LogP) is 3.40. The highest BCUT2D eigenvalue weighted by Crippen LogP contribution is 2.38. The number of fused-ring (bicyclic) bond motifs is 2. The maximum absolute atomic E-state index is 6.57. The summed E-state index contributed by atoms with van der Waals surface area (Å²) in [4.78, 5) is 2.41. The molecule has 0 spiro atoms. The van der Waals surface area contributed by atoms with E-state index in [2.05, 4.69) is 62.1 Å². The molecule has 0 fully saturated rings. The van der Waals surface area contributed by atoms with Crippen LogP contribution in [0.2, 0.25) is 0 Å². The molecule has 1 aliphatic heterocycles.